The summed E-state index contributed by atoms with van der Waals surface area (Å²) in [5, 5.41) is 6.34. The number of nitrogens with zero attached hydrogens (tertiary/aromatic N) is 2. The van der Waals surface area contributed by atoms with Crippen LogP contribution in [0.5, 0.6) is 0 Å². The van der Waals surface area contributed by atoms with E-state index in [0.717, 1.165) is 23.6 Å². The van der Waals surface area contributed by atoms with Crippen LogP contribution in [0.2, 0.25) is 0 Å². The van der Waals surface area contributed by atoms with Gasteiger partial charge in [-0.3, -0.25) is 4.79 Å². The lowest BCUT2D eigenvalue weighted by atomic mass is 10.1. The number of benzene rings is 1. The van der Waals surface area contributed by atoms with Gasteiger partial charge in [0, 0.05) is 18.4 Å². The van der Waals surface area contributed by atoms with Gasteiger partial charge in [0.15, 0.2) is 0 Å². The number of hydrazone groups is 1. The molecule has 1 spiro atoms. The van der Waals surface area contributed by atoms with E-state index >= 15 is 0 Å². The summed E-state index contributed by atoms with van der Waals surface area (Å²) in [5.41, 5.74) is 7.85. The molecule has 3 aliphatic rings. The van der Waals surface area contributed by atoms with Crippen molar-refractivity contribution >= 4 is 22.7 Å². The molecule has 0 saturated heterocycles. The van der Waals surface area contributed by atoms with Crippen molar-refractivity contribution in [2.24, 2.45) is 10.8 Å². The number of nitrogens with two attached hydrogens (primary N) is 1. The zero-order valence-corrected chi connectivity index (χ0v) is 16.1. The quantitative estimate of drug-likeness (QED) is 0.811. The Kier molecular flexibility index (Phi) is 5.21. The fourth-order valence-electron chi connectivity index (χ4n) is 3.83. The van der Waals surface area contributed by atoms with Gasteiger partial charge >= 0.3 is 0 Å². The molecule has 0 aromatic heterocycles. The van der Waals surface area contributed by atoms with Crippen LogP contribution < -0.4 is 5.73 Å². The summed E-state index contributed by atoms with van der Waals surface area (Å²) in [6, 6.07) is 7.94. The lowest BCUT2D eigenvalue weighted by molar-refractivity contribution is -0.134. The maximum Gasteiger partial charge on any atom is 0.244 e. The van der Waals surface area contributed by atoms with Gasteiger partial charge in [0.2, 0.25) is 5.91 Å². The second-order valence-corrected chi connectivity index (χ2v) is 8.27. The summed E-state index contributed by atoms with van der Waals surface area (Å²) >= 11 is 1.34. The topological polar surface area (TPSA) is 58.7 Å². The molecule has 7 heteroatoms. The Hall–Kier alpha value is -2.25. The molecular weight excluding hydrogens is 380 g/mol. The molecule has 146 valence electrons. The molecule has 1 aromatic rings. The van der Waals surface area contributed by atoms with Crippen molar-refractivity contribution < 1.29 is 13.6 Å². The van der Waals surface area contributed by atoms with Crippen molar-refractivity contribution in [3.05, 3.63) is 70.8 Å². The molecule has 0 radical (unpaired) electrons. The van der Waals surface area contributed by atoms with Gasteiger partial charge in [0.25, 0.3) is 0 Å². The first-order valence-electron chi connectivity index (χ1n) is 9.37. The van der Waals surface area contributed by atoms with Gasteiger partial charge in [-0.2, -0.15) is 5.10 Å². The third-order valence-electron chi connectivity index (χ3n) is 5.18. The molecule has 1 heterocycles. The van der Waals surface area contributed by atoms with E-state index < -0.39 is 16.5 Å². The number of halogens is 2. The summed E-state index contributed by atoms with van der Waals surface area (Å²) in [7, 11) is 0. The fourth-order valence-corrected chi connectivity index (χ4v) is 5.30. The molecule has 1 amide bonds. The van der Waals surface area contributed by atoms with Crippen molar-refractivity contribution in [3.8, 4) is 0 Å². The summed E-state index contributed by atoms with van der Waals surface area (Å²) in [6.07, 6.45) is 6.16. The first-order valence-corrected chi connectivity index (χ1v) is 10.2. The van der Waals surface area contributed by atoms with Gasteiger partial charge in [0.1, 0.15) is 21.6 Å². The number of allylic oxidation sites excluding steroid dienone is 5. The number of carbonyl (C=O) groups excluding carboxylic acids is 1. The van der Waals surface area contributed by atoms with Crippen LogP contribution in [0, 0.1) is 0 Å². The number of rotatable bonds is 4. The number of carbonyl (C=O) groups is 1. The number of aryl methyl sites for hydroxylation is 1. The van der Waals surface area contributed by atoms with Crippen LogP contribution in [-0.2, 0) is 16.1 Å². The highest BCUT2D eigenvalue weighted by Crippen LogP contribution is 2.55. The smallest absolute Gasteiger partial charge is 0.244 e. The molecule has 2 aliphatic carbocycles. The molecule has 1 aromatic carbocycles. The molecule has 1 unspecified atom stereocenters. The lowest BCUT2D eigenvalue weighted by Gasteiger charge is -2.32. The van der Waals surface area contributed by atoms with E-state index in [1.54, 1.807) is 0 Å². The first-order chi connectivity index (χ1) is 13.5. The Morgan fingerprint density at radius 1 is 1.32 bits per heavy atom. The molecule has 2 N–H and O–H groups in total. The highest BCUT2D eigenvalue weighted by atomic mass is 32.2. The molecule has 0 saturated carbocycles. The van der Waals surface area contributed by atoms with E-state index in [0.29, 0.717) is 24.4 Å². The molecule has 28 heavy (non-hydrogen) atoms. The molecular formula is C21H21F2N3OS. The van der Waals surface area contributed by atoms with Crippen molar-refractivity contribution in [2.45, 2.75) is 37.0 Å². The Bertz CT molecular complexity index is 937. The average Bonchev–Trinajstić information content (AvgIpc) is 3.21. The van der Waals surface area contributed by atoms with E-state index in [-0.39, 0.29) is 24.3 Å². The Morgan fingerprint density at radius 2 is 2.14 bits per heavy atom. The minimum Gasteiger partial charge on any atom is -0.330 e. The number of hydrogen-bond acceptors (Lipinski definition) is 4. The Labute approximate surface area is 166 Å². The summed E-state index contributed by atoms with van der Waals surface area (Å²) in [4.78, 5) is 12.2. The average molecular weight is 401 g/mol. The number of amides is 1. The summed E-state index contributed by atoms with van der Waals surface area (Å²) in [5.74, 6) is -1.13. The van der Waals surface area contributed by atoms with Crippen LogP contribution in [0.1, 0.15) is 36.8 Å². The number of thioether (sulfide) groups is 1. The highest BCUT2D eigenvalue weighted by molar-refractivity contribution is 8.15. The predicted octanol–water partition coefficient (Wildman–Crippen LogP) is 4.45. The monoisotopic (exact) mass is 401 g/mol. The largest absolute Gasteiger partial charge is 0.330 e. The van der Waals surface area contributed by atoms with E-state index in [2.05, 4.69) is 5.10 Å². The third kappa shape index (κ3) is 3.22. The molecule has 0 bridgehead atoms. The Morgan fingerprint density at radius 3 is 2.96 bits per heavy atom. The third-order valence-corrected chi connectivity index (χ3v) is 6.61. The summed E-state index contributed by atoms with van der Waals surface area (Å²) < 4.78 is 28.6. The van der Waals surface area contributed by atoms with Crippen molar-refractivity contribution in [1.29, 1.82) is 0 Å². The molecule has 1 atom stereocenters. The van der Waals surface area contributed by atoms with Crippen molar-refractivity contribution in [3.63, 3.8) is 0 Å². The molecule has 1 aliphatic heterocycles. The van der Waals surface area contributed by atoms with Gasteiger partial charge in [0.05, 0.1) is 0 Å². The van der Waals surface area contributed by atoms with Crippen molar-refractivity contribution in [1.82, 2.24) is 5.01 Å². The standard InChI is InChI=1S/C21H21F2N3OS/c22-15-6-3-8-18(23)16(13-15)20-25-26(19(27)9-4-12-24)21(28-20)11-10-14-5-1-2-7-17(14)21/h1-3,5-7,13H,4,8-12,24H2. The molecule has 0 fully saturated rings. The lowest BCUT2D eigenvalue weighted by Crippen LogP contribution is -2.39. The maximum absolute atomic E-state index is 14.6. The SMILES string of the molecule is NCCCC(=O)N1N=C(C2=C(F)CC=CC(F)=C2)SC12CCc1ccccc12. The van der Waals surface area contributed by atoms with E-state index in [4.69, 9.17) is 5.73 Å². The van der Waals surface area contributed by atoms with E-state index in [9.17, 15) is 13.6 Å². The van der Waals surface area contributed by atoms with Crippen molar-refractivity contribution in [2.75, 3.05) is 6.54 Å². The zero-order chi connectivity index (χ0) is 19.7. The number of fused-ring (bicyclic) bond motifs is 2. The van der Waals surface area contributed by atoms with Crippen LogP contribution in [0.4, 0.5) is 8.78 Å². The van der Waals surface area contributed by atoms with Crippen LogP contribution >= 0.6 is 11.8 Å². The highest BCUT2D eigenvalue weighted by Gasteiger charge is 2.52. The molecule has 4 nitrogen and oxygen atoms in total. The summed E-state index contributed by atoms with van der Waals surface area (Å²) in [6.45, 7) is 0.409. The van der Waals surface area contributed by atoms with E-state index in [1.165, 1.54) is 28.9 Å². The molecule has 4 rings (SSSR count). The van der Waals surface area contributed by atoms with Crippen LogP contribution in [0.25, 0.3) is 0 Å². The van der Waals surface area contributed by atoms with Gasteiger partial charge in [-0.1, -0.05) is 42.1 Å². The normalized spacial score (nSPS) is 23.8. The van der Waals surface area contributed by atoms with Gasteiger partial charge in [-0.05, 0) is 49.1 Å². The minimum absolute atomic E-state index is 0.00351. The van der Waals surface area contributed by atoms with Gasteiger partial charge < -0.3 is 5.73 Å². The van der Waals surface area contributed by atoms with Crippen LogP contribution in [-0.4, -0.2) is 22.5 Å². The van der Waals surface area contributed by atoms with Crippen LogP contribution in [0.15, 0.2) is 64.8 Å². The fraction of sp³-hybridized carbons (Fsp3) is 0.333. The second-order valence-electron chi connectivity index (χ2n) is 7.00. The first kappa shape index (κ1) is 19.1. The predicted molar refractivity (Wildman–Crippen MR) is 108 cm³/mol. The van der Waals surface area contributed by atoms with E-state index in [1.807, 2.05) is 24.3 Å². The van der Waals surface area contributed by atoms with Gasteiger partial charge in [-0.15, -0.1) is 0 Å². The second kappa shape index (κ2) is 7.64. The van der Waals surface area contributed by atoms with Gasteiger partial charge in [-0.25, -0.2) is 13.8 Å². The maximum atomic E-state index is 14.6. The zero-order valence-electron chi connectivity index (χ0n) is 15.3. The van der Waals surface area contributed by atoms with Crippen LogP contribution in [0.3, 0.4) is 0 Å². The minimum atomic E-state index is -0.713. The Balaban J connectivity index is 1.77. The number of hydrogen-bond donors (Lipinski definition) is 1.